The van der Waals surface area contributed by atoms with Crippen molar-refractivity contribution < 1.29 is 4.39 Å². The molecule has 0 atom stereocenters. The second kappa shape index (κ2) is 4.06. The third-order valence-corrected chi connectivity index (χ3v) is 3.29. The normalized spacial score (nSPS) is 20.2. The van der Waals surface area contributed by atoms with E-state index in [2.05, 4.69) is 18.7 Å². The molecular weight excluding hydrogens is 203 g/mol. The highest BCUT2D eigenvalue weighted by atomic mass is 19.1. The third-order valence-electron chi connectivity index (χ3n) is 3.29. The molecule has 0 amide bonds. The van der Waals surface area contributed by atoms with Crippen LogP contribution in [-0.2, 0) is 6.54 Å². The van der Waals surface area contributed by atoms with Gasteiger partial charge in [-0.25, -0.2) is 4.39 Å². The van der Waals surface area contributed by atoms with E-state index in [4.69, 9.17) is 5.73 Å². The number of hydrogen-bond acceptors (Lipinski definition) is 2. The first-order valence-electron chi connectivity index (χ1n) is 5.73. The maximum Gasteiger partial charge on any atom is 0.129 e. The minimum Gasteiger partial charge on any atom is -0.398 e. The first-order chi connectivity index (χ1) is 7.48. The number of halogens is 1. The van der Waals surface area contributed by atoms with E-state index in [1.165, 1.54) is 12.5 Å². The monoisotopic (exact) mass is 222 g/mol. The van der Waals surface area contributed by atoms with Crippen LogP contribution >= 0.6 is 0 Å². The van der Waals surface area contributed by atoms with Gasteiger partial charge in [0.05, 0.1) is 0 Å². The average Bonchev–Trinajstić information content (AvgIpc) is 2.52. The Morgan fingerprint density at radius 2 is 2.19 bits per heavy atom. The van der Waals surface area contributed by atoms with Gasteiger partial charge in [0.1, 0.15) is 5.82 Å². The molecule has 1 aromatic carbocycles. The summed E-state index contributed by atoms with van der Waals surface area (Å²) in [5.41, 5.74) is 7.35. The van der Waals surface area contributed by atoms with E-state index < -0.39 is 0 Å². The molecule has 88 valence electrons. The molecule has 2 N–H and O–H groups in total. The van der Waals surface area contributed by atoms with Crippen LogP contribution in [0.5, 0.6) is 0 Å². The Labute approximate surface area is 96.2 Å². The second-order valence-corrected chi connectivity index (χ2v) is 5.43. The van der Waals surface area contributed by atoms with Crippen molar-refractivity contribution >= 4 is 5.69 Å². The molecule has 0 bridgehead atoms. The van der Waals surface area contributed by atoms with Crippen molar-refractivity contribution in [3.05, 3.63) is 29.6 Å². The number of nitrogens with zero attached hydrogens (tertiary/aromatic N) is 1. The number of anilines is 1. The predicted octanol–water partition coefficient (Wildman–Crippen LogP) is 2.64. The number of hydrogen-bond donors (Lipinski definition) is 1. The molecule has 0 spiro atoms. The Morgan fingerprint density at radius 1 is 1.44 bits per heavy atom. The standard InChI is InChI=1S/C13H19FN2/c1-13(2)6-7-16(9-13)8-10-11(14)4-3-5-12(10)15/h3-5H,6-9,15H2,1-2H3. The quantitative estimate of drug-likeness (QED) is 0.779. The summed E-state index contributed by atoms with van der Waals surface area (Å²) in [6.45, 7) is 7.17. The first-order valence-corrected chi connectivity index (χ1v) is 5.73. The smallest absolute Gasteiger partial charge is 0.129 e. The van der Waals surface area contributed by atoms with Gasteiger partial charge < -0.3 is 5.73 Å². The molecule has 1 aromatic rings. The van der Waals surface area contributed by atoms with Crippen LogP contribution in [0.15, 0.2) is 18.2 Å². The molecule has 2 rings (SSSR count). The van der Waals surface area contributed by atoms with Crippen LogP contribution in [0.1, 0.15) is 25.8 Å². The second-order valence-electron chi connectivity index (χ2n) is 5.43. The van der Waals surface area contributed by atoms with Gasteiger partial charge >= 0.3 is 0 Å². The SMILES string of the molecule is CC1(C)CCN(Cc2c(N)cccc2F)C1. The molecular formula is C13H19FN2. The lowest BCUT2D eigenvalue weighted by molar-refractivity contribution is 0.281. The molecule has 1 aliphatic heterocycles. The maximum absolute atomic E-state index is 13.6. The Bertz CT molecular complexity index is 367. The van der Waals surface area contributed by atoms with Gasteiger partial charge in [0.25, 0.3) is 0 Å². The van der Waals surface area contributed by atoms with E-state index >= 15 is 0 Å². The van der Waals surface area contributed by atoms with E-state index in [1.54, 1.807) is 12.1 Å². The predicted molar refractivity (Wildman–Crippen MR) is 64.5 cm³/mol. The zero-order valence-electron chi connectivity index (χ0n) is 9.96. The molecule has 0 radical (unpaired) electrons. The maximum atomic E-state index is 13.6. The largest absolute Gasteiger partial charge is 0.398 e. The van der Waals surface area contributed by atoms with E-state index in [-0.39, 0.29) is 5.82 Å². The van der Waals surface area contributed by atoms with Gasteiger partial charge in [-0.15, -0.1) is 0 Å². The lowest BCUT2D eigenvalue weighted by Crippen LogP contribution is -2.23. The highest BCUT2D eigenvalue weighted by Crippen LogP contribution is 2.30. The van der Waals surface area contributed by atoms with Crippen molar-refractivity contribution in [3.8, 4) is 0 Å². The first kappa shape index (κ1) is 11.4. The fourth-order valence-electron chi connectivity index (χ4n) is 2.32. The average molecular weight is 222 g/mol. The van der Waals surface area contributed by atoms with Crippen molar-refractivity contribution in [3.63, 3.8) is 0 Å². The zero-order chi connectivity index (χ0) is 11.8. The number of nitrogens with two attached hydrogens (primary N) is 1. The van der Waals surface area contributed by atoms with Crippen LogP contribution < -0.4 is 5.73 Å². The fourth-order valence-corrected chi connectivity index (χ4v) is 2.32. The van der Waals surface area contributed by atoms with E-state index in [9.17, 15) is 4.39 Å². The highest BCUT2D eigenvalue weighted by molar-refractivity contribution is 5.47. The van der Waals surface area contributed by atoms with E-state index in [0.29, 0.717) is 23.2 Å². The van der Waals surface area contributed by atoms with Crippen LogP contribution in [-0.4, -0.2) is 18.0 Å². The van der Waals surface area contributed by atoms with Crippen LogP contribution in [0, 0.1) is 11.2 Å². The van der Waals surface area contributed by atoms with Crippen molar-refractivity contribution in [1.29, 1.82) is 0 Å². The number of nitrogen functional groups attached to an aromatic ring is 1. The summed E-state index contributed by atoms with van der Waals surface area (Å²) in [5, 5.41) is 0. The van der Waals surface area contributed by atoms with Gasteiger partial charge in [-0.2, -0.15) is 0 Å². The van der Waals surface area contributed by atoms with Crippen molar-refractivity contribution in [2.75, 3.05) is 18.8 Å². The summed E-state index contributed by atoms with van der Waals surface area (Å²) >= 11 is 0. The van der Waals surface area contributed by atoms with Crippen LogP contribution in [0.2, 0.25) is 0 Å². The lowest BCUT2D eigenvalue weighted by Gasteiger charge is -2.20. The minimum absolute atomic E-state index is 0.190. The molecule has 1 saturated heterocycles. The number of benzene rings is 1. The summed E-state index contributed by atoms with van der Waals surface area (Å²) in [5.74, 6) is -0.190. The summed E-state index contributed by atoms with van der Waals surface area (Å²) in [6, 6.07) is 4.90. The molecule has 1 heterocycles. The Balaban J connectivity index is 2.11. The topological polar surface area (TPSA) is 29.3 Å². The fraction of sp³-hybridized carbons (Fsp3) is 0.538. The van der Waals surface area contributed by atoms with Gasteiger partial charge in [-0.3, -0.25) is 4.90 Å². The molecule has 3 heteroatoms. The van der Waals surface area contributed by atoms with E-state index in [1.807, 2.05) is 0 Å². The summed E-state index contributed by atoms with van der Waals surface area (Å²) in [4.78, 5) is 2.27. The molecule has 1 fully saturated rings. The zero-order valence-corrected chi connectivity index (χ0v) is 9.96. The van der Waals surface area contributed by atoms with Gasteiger partial charge in [0.2, 0.25) is 0 Å². The Hall–Kier alpha value is -1.09. The molecule has 0 saturated carbocycles. The van der Waals surface area contributed by atoms with Crippen LogP contribution in [0.4, 0.5) is 10.1 Å². The highest BCUT2D eigenvalue weighted by Gasteiger charge is 2.29. The molecule has 2 nitrogen and oxygen atoms in total. The van der Waals surface area contributed by atoms with Gasteiger partial charge in [-0.05, 0) is 30.5 Å². The molecule has 0 aliphatic carbocycles. The molecule has 16 heavy (non-hydrogen) atoms. The minimum atomic E-state index is -0.190. The molecule has 1 aliphatic rings. The summed E-state index contributed by atoms with van der Waals surface area (Å²) in [7, 11) is 0. The van der Waals surface area contributed by atoms with Gasteiger partial charge in [0.15, 0.2) is 0 Å². The van der Waals surface area contributed by atoms with Gasteiger partial charge in [-0.1, -0.05) is 19.9 Å². The molecule has 0 unspecified atom stereocenters. The number of rotatable bonds is 2. The Kier molecular flexibility index (Phi) is 2.89. The summed E-state index contributed by atoms with van der Waals surface area (Å²) in [6.07, 6.45) is 1.17. The van der Waals surface area contributed by atoms with Crippen LogP contribution in [0.25, 0.3) is 0 Å². The number of likely N-dealkylation sites (tertiary alicyclic amines) is 1. The summed E-state index contributed by atoms with van der Waals surface area (Å²) < 4.78 is 13.6. The van der Waals surface area contributed by atoms with Crippen molar-refractivity contribution in [2.45, 2.75) is 26.8 Å². The van der Waals surface area contributed by atoms with Crippen molar-refractivity contribution in [2.24, 2.45) is 5.41 Å². The van der Waals surface area contributed by atoms with Crippen molar-refractivity contribution in [1.82, 2.24) is 4.90 Å². The Morgan fingerprint density at radius 3 is 2.75 bits per heavy atom. The van der Waals surface area contributed by atoms with Gasteiger partial charge in [0, 0.05) is 24.3 Å². The molecule has 0 aromatic heterocycles. The van der Waals surface area contributed by atoms with Crippen LogP contribution in [0.3, 0.4) is 0 Å². The lowest BCUT2D eigenvalue weighted by atomic mass is 9.93. The van der Waals surface area contributed by atoms with E-state index in [0.717, 1.165) is 13.1 Å². The third kappa shape index (κ3) is 2.35.